The topological polar surface area (TPSA) is 90.6 Å². The third-order valence-corrected chi connectivity index (χ3v) is 7.36. The molecule has 1 N–H and O–H groups in total. The molecule has 1 aromatic carbocycles. The highest BCUT2D eigenvalue weighted by Crippen LogP contribution is 2.23. The minimum atomic E-state index is -3.92. The molecule has 0 bridgehead atoms. The summed E-state index contributed by atoms with van der Waals surface area (Å²) in [4.78, 5) is 29.4. The van der Waals surface area contributed by atoms with Crippen molar-refractivity contribution in [2.24, 2.45) is 0 Å². The van der Waals surface area contributed by atoms with Crippen LogP contribution >= 0.6 is 0 Å². The van der Waals surface area contributed by atoms with Gasteiger partial charge in [-0.05, 0) is 38.0 Å². The molecule has 0 unspecified atom stereocenters. The first-order valence-electron chi connectivity index (χ1n) is 9.89. The van der Waals surface area contributed by atoms with Gasteiger partial charge in [-0.2, -0.15) is 4.31 Å². The lowest BCUT2D eigenvalue weighted by atomic mass is 10.0. The summed E-state index contributed by atoms with van der Waals surface area (Å²) in [6.07, 6.45) is 0.564. The van der Waals surface area contributed by atoms with Gasteiger partial charge >= 0.3 is 0 Å². The molecule has 30 heavy (non-hydrogen) atoms. The number of hydrogen-bond donors (Lipinski definition) is 1. The summed E-state index contributed by atoms with van der Waals surface area (Å²) in [6, 6.07) is 5.32. The first kappa shape index (κ1) is 22.3. The van der Waals surface area contributed by atoms with Crippen molar-refractivity contribution in [1.82, 2.24) is 14.2 Å². The summed E-state index contributed by atoms with van der Waals surface area (Å²) in [5.74, 6) is -0.981. The number of hydrogen-bond acceptors (Lipinski definition) is 5. The Kier molecular flexibility index (Phi) is 6.54. The van der Waals surface area contributed by atoms with Crippen LogP contribution in [0.15, 0.2) is 29.2 Å². The lowest BCUT2D eigenvalue weighted by molar-refractivity contribution is 0.0896. The Labute approximate surface area is 175 Å². The number of aromatic amines is 1. The molecule has 9 heteroatoms. The van der Waals surface area contributed by atoms with E-state index in [4.69, 9.17) is 0 Å². The molecule has 1 fully saturated rings. The van der Waals surface area contributed by atoms with Crippen LogP contribution in [0.4, 0.5) is 4.39 Å². The highest BCUT2D eigenvalue weighted by atomic mass is 32.2. The van der Waals surface area contributed by atoms with Crippen LogP contribution in [-0.2, 0) is 16.4 Å². The zero-order valence-electron chi connectivity index (χ0n) is 17.4. The Morgan fingerprint density at radius 1 is 1.13 bits per heavy atom. The van der Waals surface area contributed by atoms with Gasteiger partial charge in [0.2, 0.25) is 10.0 Å². The van der Waals surface area contributed by atoms with Crippen molar-refractivity contribution in [3.05, 3.63) is 52.6 Å². The van der Waals surface area contributed by atoms with E-state index in [9.17, 15) is 22.4 Å². The summed E-state index contributed by atoms with van der Waals surface area (Å²) >= 11 is 0. The molecule has 0 saturated carbocycles. The number of H-pyrrole nitrogens is 1. The molecule has 0 aliphatic carbocycles. The van der Waals surface area contributed by atoms with E-state index in [2.05, 4.69) is 4.98 Å². The smallest absolute Gasteiger partial charge is 0.246 e. The number of carbonyl (C=O) groups excluding carboxylic acids is 2. The van der Waals surface area contributed by atoms with Crippen LogP contribution in [0.1, 0.15) is 46.0 Å². The first-order valence-corrected chi connectivity index (χ1v) is 11.3. The molecule has 2 heterocycles. The van der Waals surface area contributed by atoms with Gasteiger partial charge in [0.25, 0.3) is 0 Å². The van der Waals surface area contributed by atoms with E-state index < -0.39 is 15.8 Å². The van der Waals surface area contributed by atoms with Crippen molar-refractivity contribution in [3.63, 3.8) is 0 Å². The van der Waals surface area contributed by atoms with Gasteiger partial charge in [-0.3, -0.25) is 14.5 Å². The van der Waals surface area contributed by atoms with Crippen molar-refractivity contribution in [1.29, 1.82) is 0 Å². The Morgan fingerprint density at radius 3 is 2.33 bits per heavy atom. The monoisotopic (exact) mass is 435 g/mol. The molecule has 162 valence electrons. The second-order valence-electron chi connectivity index (χ2n) is 7.42. The van der Waals surface area contributed by atoms with Gasteiger partial charge < -0.3 is 4.98 Å². The van der Waals surface area contributed by atoms with Crippen LogP contribution in [0, 0.1) is 12.7 Å². The van der Waals surface area contributed by atoms with E-state index >= 15 is 0 Å². The van der Waals surface area contributed by atoms with Crippen LogP contribution in [-0.4, -0.2) is 66.9 Å². The molecular weight excluding hydrogens is 409 g/mol. The number of nitrogens with one attached hydrogen (secondary N) is 1. The second kappa shape index (κ2) is 8.79. The molecular formula is C21H26FN3O4S. The van der Waals surface area contributed by atoms with E-state index in [-0.39, 0.29) is 36.1 Å². The predicted molar refractivity (Wildman–Crippen MR) is 111 cm³/mol. The minimum absolute atomic E-state index is 0.0772. The Balaban J connectivity index is 1.68. The van der Waals surface area contributed by atoms with Gasteiger partial charge in [-0.1, -0.05) is 19.1 Å². The van der Waals surface area contributed by atoms with Crippen LogP contribution < -0.4 is 0 Å². The summed E-state index contributed by atoms with van der Waals surface area (Å²) in [5.41, 5.74) is 2.43. The number of ketones is 2. The number of Topliss-reactive ketones (excluding diaryl/α,β-unsaturated/α-hetero) is 2. The molecule has 7 nitrogen and oxygen atoms in total. The van der Waals surface area contributed by atoms with E-state index in [1.165, 1.54) is 29.4 Å². The van der Waals surface area contributed by atoms with Crippen molar-refractivity contribution >= 4 is 21.6 Å². The Hall–Kier alpha value is -2.36. The number of benzene rings is 1. The fraction of sp³-hybridized carbons (Fsp3) is 0.429. The Bertz CT molecular complexity index is 1070. The normalized spacial score (nSPS) is 16.0. The first-order chi connectivity index (χ1) is 14.2. The van der Waals surface area contributed by atoms with Crippen molar-refractivity contribution in [3.8, 4) is 0 Å². The van der Waals surface area contributed by atoms with E-state index in [1.54, 1.807) is 6.92 Å². The molecule has 2 aromatic rings. The number of nitrogens with zero attached hydrogens (tertiary/aromatic N) is 2. The highest BCUT2D eigenvalue weighted by Gasteiger charge is 2.31. The zero-order chi connectivity index (χ0) is 22.1. The van der Waals surface area contributed by atoms with Crippen molar-refractivity contribution in [2.45, 2.75) is 32.1 Å². The Morgan fingerprint density at radius 2 is 1.77 bits per heavy atom. The molecule has 3 rings (SSSR count). The van der Waals surface area contributed by atoms with Gasteiger partial charge in [0, 0.05) is 37.4 Å². The zero-order valence-corrected chi connectivity index (χ0v) is 18.2. The SMILES string of the molecule is CCc1c(C(=O)CN2CCN(S(=O)(=O)c3ccccc3F)CC2)[nH]c(C)c1C(C)=O. The molecule has 0 radical (unpaired) electrons. The molecule has 1 saturated heterocycles. The maximum Gasteiger partial charge on any atom is 0.246 e. The number of aryl methyl sites for hydroxylation is 1. The molecule has 0 atom stereocenters. The largest absolute Gasteiger partial charge is 0.355 e. The fourth-order valence-corrected chi connectivity index (χ4v) is 5.44. The van der Waals surface area contributed by atoms with Gasteiger partial charge in [-0.25, -0.2) is 12.8 Å². The second-order valence-corrected chi connectivity index (χ2v) is 9.33. The summed E-state index contributed by atoms with van der Waals surface area (Å²) in [7, 11) is -3.92. The molecule has 0 amide bonds. The van der Waals surface area contributed by atoms with Gasteiger partial charge in [0.15, 0.2) is 11.6 Å². The van der Waals surface area contributed by atoms with Crippen molar-refractivity contribution in [2.75, 3.05) is 32.7 Å². The number of rotatable bonds is 7. The quantitative estimate of drug-likeness (QED) is 0.675. The number of sulfonamides is 1. The third-order valence-electron chi connectivity index (χ3n) is 5.43. The number of aromatic nitrogens is 1. The average molecular weight is 436 g/mol. The lowest BCUT2D eigenvalue weighted by Crippen LogP contribution is -2.50. The number of piperazine rings is 1. The fourth-order valence-electron chi connectivity index (χ4n) is 3.95. The van der Waals surface area contributed by atoms with E-state index in [0.717, 1.165) is 11.6 Å². The minimum Gasteiger partial charge on any atom is -0.355 e. The standard InChI is InChI=1S/C21H26FN3O4S/c1-4-16-20(15(3)26)14(2)23-21(16)18(27)13-24-9-11-25(12-10-24)30(28,29)19-8-6-5-7-17(19)22/h5-8,23H,4,9-13H2,1-3H3. The highest BCUT2D eigenvalue weighted by molar-refractivity contribution is 7.89. The molecule has 1 aromatic heterocycles. The average Bonchev–Trinajstić information content (AvgIpc) is 3.05. The summed E-state index contributed by atoms with van der Waals surface area (Å²) in [6.45, 7) is 6.36. The molecule has 1 aliphatic heterocycles. The predicted octanol–water partition coefficient (Wildman–Crippen LogP) is 2.42. The van der Waals surface area contributed by atoms with Crippen LogP contribution in [0.3, 0.4) is 0 Å². The summed E-state index contributed by atoms with van der Waals surface area (Å²) in [5, 5.41) is 0. The van der Waals surface area contributed by atoms with Gasteiger partial charge in [0.1, 0.15) is 10.7 Å². The maximum absolute atomic E-state index is 14.0. The van der Waals surface area contributed by atoms with E-state index in [0.29, 0.717) is 36.5 Å². The van der Waals surface area contributed by atoms with Gasteiger partial charge in [-0.15, -0.1) is 0 Å². The number of carbonyl (C=O) groups is 2. The lowest BCUT2D eigenvalue weighted by Gasteiger charge is -2.33. The number of halogens is 1. The van der Waals surface area contributed by atoms with Crippen molar-refractivity contribution < 1.29 is 22.4 Å². The molecule has 1 aliphatic rings. The summed E-state index contributed by atoms with van der Waals surface area (Å²) < 4.78 is 40.6. The third kappa shape index (κ3) is 4.23. The van der Waals surface area contributed by atoms with Crippen LogP contribution in [0.25, 0.3) is 0 Å². The maximum atomic E-state index is 14.0. The van der Waals surface area contributed by atoms with Crippen LogP contribution in [0.2, 0.25) is 0 Å². The van der Waals surface area contributed by atoms with E-state index in [1.807, 2.05) is 11.8 Å². The van der Waals surface area contributed by atoms with Gasteiger partial charge in [0.05, 0.1) is 12.2 Å². The van der Waals surface area contributed by atoms with Crippen LogP contribution in [0.5, 0.6) is 0 Å². The molecule has 0 spiro atoms.